The van der Waals surface area contributed by atoms with Gasteiger partial charge in [0.1, 0.15) is 0 Å². The first-order valence-corrected chi connectivity index (χ1v) is 11.9. The van der Waals surface area contributed by atoms with Crippen LogP contribution in [0.1, 0.15) is 136 Å². The first-order chi connectivity index (χ1) is 12.8. The Morgan fingerprint density at radius 2 is 0.962 bits per heavy atom. The highest BCUT2D eigenvalue weighted by molar-refractivity contribution is 5.72. The van der Waals surface area contributed by atoms with E-state index < -0.39 is 0 Å². The summed E-state index contributed by atoms with van der Waals surface area (Å²) < 4.78 is 5.62. The average Bonchev–Trinajstić information content (AvgIpc) is 2.65. The van der Waals surface area contributed by atoms with Gasteiger partial charge in [0, 0.05) is 0 Å². The molecule has 0 atom stereocenters. The van der Waals surface area contributed by atoms with E-state index in [-0.39, 0.29) is 11.9 Å². The van der Waals surface area contributed by atoms with Gasteiger partial charge in [-0.2, -0.15) is 0 Å². The van der Waals surface area contributed by atoms with Crippen LogP contribution in [0.5, 0.6) is 0 Å². The lowest BCUT2D eigenvalue weighted by Gasteiger charge is -2.16. The van der Waals surface area contributed by atoms with E-state index >= 15 is 0 Å². The number of rotatable bonds is 20. The van der Waals surface area contributed by atoms with E-state index in [1.807, 2.05) is 0 Å². The van der Waals surface area contributed by atoms with Crippen molar-refractivity contribution < 1.29 is 9.53 Å². The molecule has 0 saturated heterocycles. The molecule has 0 amide bonds. The Bertz CT molecular complexity index is 276. The second-order valence-electron chi connectivity index (χ2n) is 8.04. The fraction of sp³-hybridized carbons (Fsp3) is 0.958. The normalized spacial score (nSPS) is 11.2. The van der Waals surface area contributed by atoms with E-state index in [1.165, 1.54) is 96.3 Å². The highest BCUT2D eigenvalue weighted by Gasteiger charge is 2.19. The second-order valence-corrected chi connectivity index (χ2v) is 8.04. The van der Waals surface area contributed by atoms with Gasteiger partial charge in [0.2, 0.25) is 0 Å². The molecule has 2 nitrogen and oxygen atoms in total. The van der Waals surface area contributed by atoms with E-state index in [2.05, 4.69) is 20.8 Å². The summed E-state index contributed by atoms with van der Waals surface area (Å²) in [7, 11) is 0. The Labute approximate surface area is 164 Å². The molecule has 0 saturated carbocycles. The molecule has 0 heterocycles. The third-order valence-electron chi connectivity index (χ3n) is 5.39. The van der Waals surface area contributed by atoms with Crippen molar-refractivity contribution in [2.24, 2.45) is 5.92 Å². The molecule has 0 spiro atoms. The van der Waals surface area contributed by atoms with Gasteiger partial charge in [-0.25, -0.2) is 0 Å². The van der Waals surface area contributed by atoms with Crippen LogP contribution in [-0.4, -0.2) is 12.6 Å². The van der Waals surface area contributed by atoms with Crippen LogP contribution in [-0.2, 0) is 9.53 Å². The van der Waals surface area contributed by atoms with Crippen molar-refractivity contribution in [2.45, 2.75) is 136 Å². The molecule has 0 fully saturated rings. The second kappa shape index (κ2) is 20.8. The molecule has 26 heavy (non-hydrogen) atoms. The molecule has 156 valence electrons. The first kappa shape index (κ1) is 25.5. The molecular weight excluding hydrogens is 320 g/mol. The fourth-order valence-electron chi connectivity index (χ4n) is 3.54. The van der Waals surface area contributed by atoms with E-state index in [0.29, 0.717) is 6.61 Å². The third-order valence-corrected chi connectivity index (χ3v) is 5.39. The number of ether oxygens (including phenoxy) is 1. The van der Waals surface area contributed by atoms with Crippen LogP contribution in [0.3, 0.4) is 0 Å². The molecule has 0 aromatic heterocycles. The molecule has 0 radical (unpaired) electrons. The van der Waals surface area contributed by atoms with Gasteiger partial charge in [0.15, 0.2) is 0 Å². The lowest BCUT2D eigenvalue weighted by atomic mass is 9.94. The van der Waals surface area contributed by atoms with Crippen LogP contribution >= 0.6 is 0 Å². The van der Waals surface area contributed by atoms with Gasteiger partial charge in [0.25, 0.3) is 0 Å². The van der Waals surface area contributed by atoms with Gasteiger partial charge in [-0.15, -0.1) is 0 Å². The van der Waals surface area contributed by atoms with Crippen LogP contribution in [0.25, 0.3) is 0 Å². The van der Waals surface area contributed by atoms with Crippen molar-refractivity contribution in [3.05, 3.63) is 0 Å². The van der Waals surface area contributed by atoms with E-state index in [1.54, 1.807) is 0 Å². The Hall–Kier alpha value is -0.530. The molecule has 0 rings (SSSR count). The van der Waals surface area contributed by atoms with Gasteiger partial charge >= 0.3 is 5.97 Å². The lowest BCUT2D eigenvalue weighted by molar-refractivity contribution is -0.149. The predicted molar refractivity (Wildman–Crippen MR) is 115 cm³/mol. The summed E-state index contributed by atoms with van der Waals surface area (Å²) in [5.74, 6) is 0.235. The van der Waals surface area contributed by atoms with Gasteiger partial charge in [-0.05, 0) is 19.3 Å². The average molecular weight is 369 g/mol. The minimum atomic E-state index is 0.0842. The Morgan fingerprint density at radius 1 is 0.577 bits per heavy atom. The number of hydrogen-bond acceptors (Lipinski definition) is 2. The van der Waals surface area contributed by atoms with E-state index in [9.17, 15) is 4.79 Å². The van der Waals surface area contributed by atoms with Crippen molar-refractivity contribution in [1.29, 1.82) is 0 Å². The first-order valence-electron chi connectivity index (χ1n) is 11.9. The Kier molecular flexibility index (Phi) is 20.4. The van der Waals surface area contributed by atoms with Crippen LogP contribution in [0.2, 0.25) is 0 Å². The van der Waals surface area contributed by atoms with E-state index in [0.717, 1.165) is 19.3 Å². The summed E-state index contributed by atoms with van der Waals surface area (Å²) in [4.78, 5) is 12.5. The third kappa shape index (κ3) is 16.9. The molecule has 0 aliphatic carbocycles. The Morgan fingerprint density at radius 3 is 1.42 bits per heavy atom. The quantitative estimate of drug-likeness (QED) is 0.160. The molecule has 0 bridgehead atoms. The summed E-state index contributed by atoms with van der Waals surface area (Å²) in [6.07, 6.45) is 22.3. The highest BCUT2D eigenvalue weighted by atomic mass is 16.5. The van der Waals surface area contributed by atoms with E-state index in [4.69, 9.17) is 4.74 Å². The standard InChI is InChI=1S/C24H48O2/c1-4-7-10-13-14-15-16-19-22-26-24(25)23(20-17-11-8-5-2)21-18-12-9-6-3/h23H,4-22H2,1-3H3. The van der Waals surface area contributed by atoms with Crippen LogP contribution < -0.4 is 0 Å². The summed E-state index contributed by atoms with van der Waals surface area (Å²) in [6.45, 7) is 7.37. The van der Waals surface area contributed by atoms with Gasteiger partial charge in [-0.3, -0.25) is 4.79 Å². The summed E-state index contributed by atoms with van der Waals surface area (Å²) in [6, 6.07) is 0. The van der Waals surface area contributed by atoms with Gasteiger partial charge in [0.05, 0.1) is 12.5 Å². The zero-order valence-electron chi connectivity index (χ0n) is 18.3. The van der Waals surface area contributed by atoms with Crippen LogP contribution in [0, 0.1) is 5.92 Å². The van der Waals surface area contributed by atoms with Crippen molar-refractivity contribution in [2.75, 3.05) is 6.61 Å². The van der Waals surface area contributed by atoms with Crippen LogP contribution in [0.15, 0.2) is 0 Å². The van der Waals surface area contributed by atoms with Crippen molar-refractivity contribution in [1.82, 2.24) is 0 Å². The van der Waals surface area contributed by atoms with Crippen molar-refractivity contribution in [3.8, 4) is 0 Å². The maximum atomic E-state index is 12.5. The zero-order chi connectivity index (χ0) is 19.3. The topological polar surface area (TPSA) is 26.3 Å². The van der Waals surface area contributed by atoms with Gasteiger partial charge in [-0.1, -0.05) is 117 Å². The smallest absolute Gasteiger partial charge is 0.308 e. The molecule has 0 aliphatic heterocycles. The molecule has 0 aromatic carbocycles. The Balaban J connectivity index is 3.84. The van der Waals surface area contributed by atoms with Gasteiger partial charge < -0.3 is 4.74 Å². The van der Waals surface area contributed by atoms with Crippen molar-refractivity contribution >= 4 is 5.97 Å². The molecule has 0 aliphatic rings. The molecule has 2 heteroatoms. The number of unbranched alkanes of at least 4 members (excludes halogenated alkanes) is 13. The zero-order valence-corrected chi connectivity index (χ0v) is 18.3. The molecular formula is C24H48O2. The minimum absolute atomic E-state index is 0.0842. The molecule has 0 unspecified atom stereocenters. The fourth-order valence-corrected chi connectivity index (χ4v) is 3.54. The predicted octanol–water partition coefficient (Wildman–Crippen LogP) is 8.23. The molecule has 0 aromatic rings. The SMILES string of the molecule is CCCCCCCCCCOC(=O)C(CCCCCC)CCCCCC. The maximum absolute atomic E-state index is 12.5. The monoisotopic (exact) mass is 368 g/mol. The lowest BCUT2D eigenvalue weighted by Crippen LogP contribution is -2.18. The highest BCUT2D eigenvalue weighted by Crippen LogP contribution is 2.20. The summed E-state index contributed by atoms with van der Waals surface area (Å²) in [5.41, 5.74) is 0. The summed E-state index contributed by atoms with van der Waals surface area (Å²) in [5, 5.41) is 0. The number of hydrogen-bond donors (Lipinski definition) is 0. The summed E-state index contributed by atoms with van der Waals surface area (Å²) >= 11 is 0. The number of carbonyl (C=O) groups excluding carboxylic acids is 1. The van der Waals surface area contributed by atoms with Crippen molar-refractivity contribution in [3.63, 3.8) is 0 Å². The van der Waals surface area contributed by atoms with Crippen LogP contribution in [0.4, 0.5) is 0 Å². The largest absolute Gasteiger partial charge is 0.465 e. The minimum Gasteiger partial charge on any atom is -0.465 e. The number of carbonyl (C=O) groups is 1. The maximum Gasteiger partial charge on any atom is 0.308 e. The number of esters is 1. The molecule has 0 N–H and O–H groups in total.